The predicted molar refractivity (Wildman–Crippen MR) is 122 cm³/mol. The van der Waals surface area contributed by atoms with Gasteiger partial charge in [0, 0.05) is 12.2 Å². The molecule has 5 heteroatoms. The van der Waals surface area contributed by atoms with Crippen molar-refractivity contribution >= 4 is 18.0 Å². The molecule has 2 aromatic carbocycles. The lowest BCUT2D eigenvalue weighted by atomic mass is 9.99. The fourth-order valence-corrected chi connectivity index (χ4v) is 3.67. The molecule has 2 aromatic rings. The molecule has 0 fully saturated rings. The fraction of sp³-hybridized carbons (Fsp3) is 0.308. The number of carbonyl (C=O) groups is 2. The highest BCUT2D eigenvalue weighted by atomic mass is 16.5. The van der Waals surface area contributed by atoms with Gasteiger partial charge in [0.1, 0.15) is 5.75 Å². The van der Waals surface area contributed by atoms with Crippen molar-refractivity contribution < 1.29 is 19.1 Å². The Morgan fingerprint density at radius 2 is 1.68 bits per heavy atom. The number of methoxy groups -OCH3 is 2. The van der Waals surface area contributed by atoms with Crippen LogP contribution in [0, 0.1) is 0 Å². The van der Waals surface area contributed by atoms with Gasteiger partial charge in [0.2, 0.25) is 0 Å². The molecule has 0 spiro atoms. The third-order valence-electron chi connectivity index (χ3n) is 5.60. The first-order valence-corrected chi connectivity index (χ1v) is 10.4. The minimum absolute atomic E-state index is 0.181. The molecule has 0 aliphatic carbocycles. The summed E-state index contributed by atoms with van der Waals surface area (Å²) in [5.41, 5.74) is 4.50. The number of allylic oxidation sites excluding steroid dienone is 1. The van der Waals surface area contributed by atoms with E-state index in [0.29, 0.717) is 35.7 Å². The van der Waals surface area contributed by atoms with Crippen LogP contribution in [0.15, 0.2) is 65.4 Å². The molecule has 162 valence electrons. The van der Waals surface area contributed by atoms with Crippen LogP contribution >= 0.6 is 0 Å². The van der Waals surface area contributed by atoms with Crippen molar-refractivity contribution in [1.82, 2.24) is 4.90 Å². The molecule has 5 nitrogen and oxygen atoms in total. The monoisotopic (exact) mass is 419 g/mol. The van der Waals surface area contributed by atoms with Crippen LogP contribution in [0.2, 0.25) is 0 Å². The first kappa shape index (κ1) is 22.3. The second-order valence-electron chi connectivity index (χ2n) is 7.89. The Labute approximate surface area is 184 Å². The second-order valence-corrected chi connectivity index (χ2v) is 7.89. The Morgan fingerprint density at radius 1 is 1.03 bits per heavy atom. The fourth-order valence-electron chi connectivity index (χ4n) is 3.67. The molecule has 1 amide bonds. The summed E-state index contributed by atoms with van der Waals surface area (Å²) in [6.45, 7) is 6.54. The first-order valence-electron chi connectivity index (χ1n) is 10.4. The number of ether oxygens (including phenoxy) is 2. The van der Waals surface area contributed by atoms with Crippen LogP contribution in [0.25, 0.3) is 6.08 Å². The van der Waals surface area contributed by atoms with Crippen LogP contribution in [0.3, 0.4) is 0 Å². The van der Waals surface area contributed by atoms with E-state index in [9.17, 15) is 9.59 Å². The lowest BCUT2D eigenvalue weighted by Gasteiger charge is -2.18. The van der Waals surface area contributed by atoms with E-state index >= 15 is 0 Å². The van der Waals surface area contributed by atoms with Crippen molar-refractivity contribution in [2.45, 2.75) is 33.1 Å². The van der Waals surface area contributed by atoms with Crippen molar-refractivity contribution in [3.63, 3.8) is 0 Å². The minimum Gasteiger partial charge on any atom is -0.497 e. The van der Waals surface area contributed by atoms with E-state index in [4.69, 9.17) is 9.47 Å². The number of esters is 1. The summed E-state index contributed by atoms with van der Waals surface area (Å²) in [6.07, 6.45) is 2.44. The van der Waals surface area contributed by atoms with Gasteiger partial charge in [-0.1, -0.05) is 50.2 Å². The van der Waals surface area contributed by atoms with Crippen LogP contribution < -0.4 is 4.74 Å². The van der Waals surface area contributed by atoms with E-state index in [1.807, 2.05) is 48.5 Å². The topological polar surface area (TPSA) is 55.8 Å². The third kappa shape index (κ3) is 4.88. The summed E-state index contributed by atoms with van der Waals surface area (Å²) in [7, 11) is 2.97. The van der Waals surface area contributed by atoms with Crippen molar-refractivity contribution in [2.75, 3.05) is 20.8 Å². The Morgan fingerprint density at radius 3 is 2.23 bits per heavy atom. The lowest BCUT2D eigenvalue weighted by Crippen LogP contribution is -2.27. The lowest BCUT2D eigenvalue weighted by molar-refractivity contribution is -0.136. The molecule has 3 rings (SSSR count). The summed E-state index contributed by atoms with van der Waals surface area (Å²) in [5.74, 6) is 0.539. The van der Waals surface area contributed by atoms with Crippen LogP contribution in [0.4, 0.5) is 0 Å². The molecule has 1 aliphatic heterocycles. The van der Waals surface area contributed by atoms with Crippen molar-refractivity contribution in [3.05, 3.63) is 82.1 Å². The van der Waals surface area contributed by atoms with E-state index in [-0.39, 0.29) is 5.91 Å². The predicted octanol–water partition coefficient (Wildman–Crippen LogP) is 4.73. The molecule has 1 aliphatic rings. The zero-order chi connectivity index (χ0) is 22.5. The van der Waals surface area contributed by atoms with Crippen molar-refractivity contribution in [1.29, 1.82) is 0 Å². The Balaban J connectivity index is 1.87. The maximum Gasteiger partial charge on any atom is 0.340 e. The van der Waals surface area contributed by atoms with Gasteiger partial charge in [-0.15, -0.1) is 0 Å². The van der Waals surface area contributed by atoms with Crippen LogP contribution in [0.5, 0.6) is 5.75 Å². The van der Waals surface area contributed by atoms with E-state index in [0.717, 1.165) is 16.9 Å². The number of amides is 1. The van der Waals surface area contributed by atoms with E-state index in [1.165, 1.54) is 12.7 Å². The molecular formula is C26H29NO4. The number of hydrogen-bond acceptors (Lipinski definition) is 4. The van der Waals surface area contributed by atoms with Gasteiger partial charge in [0.25, 0.3) is 5.91 Å². The van der Waals surface area contributed by atoms with Crippen LogP contribution in [0.1, 0.15) is 43.4 Å². The van der Waals surface area contributed by atoms with Gasteiger partial charge < -0.3 is 14.4 Å². The average Bonchev–Trinajstić information content (AvgIpc) is 3.01. The molecule has 0 N–H and O–H groups in total. The van der Waals surface area contributed by atoms with Crippen molar-refractivity contribution in [3.8, 4) is 5.75 Å². The maximum absolute atomic E-state index is 13.2. The molecule has 31 heavy (non-hydrogen) atoms. The summed E-state index contributed by atoms with van der Waals surface area (Å²) >= 11 is 0. The largest absolute Gasteiger partial charge is 0.497 e. The average molecular weight is 420 g/mol. The molecular weight excluding hydrogens is 390 g/mol. The second kappa shape index (κ2) is 9.65. The molecule has 0 bridgehead atoms. The summed E-state index contributed by atoms with van der Waals surface area (Å²) in [5, 5.41) is 0. The molecule has 0 saturated heterocycles. The molecule has 0 unspecified atom stereocenters. The van der Waals surface area contributed by atoms with Gasteiger partial charge in [-0.2, -0.15) is 0 Å². The standard InChI is InChI=1S/C26H29NO4/c1-17(2)21-10-6-20(7-11-21)16-23-24(26(29)31-5)18(3)27(25(23)28)15-14-19-8-12-22(30-4)13-9-19/h6-13,16-17H,14-15H2,1-5H3/b23-16-. The van der Waals surface area contributed by atoms with Gasteiger partial charge in [-0.3, -0.25) is 4.79 Å². The Bertz CT molecular complexity index is 1010. The third-order valence-corrected chi connectivity index (χ3v) is 5.60. The summed E-state index contributed by atoms with van der Waals surface area (Å²) < 4.78 is 10.2. The molecule has 0 radical (unpaired) electrons. The smallest absolute Gasteiger partial charge is 0.340 e. The molecule has 1 heterocycles. The normalized spacial score (nSPS) is 15.2. The van der Waals surface area contributed by atoms with Crippen molar-refractivity contribution in [2.24, 2.45) is 0 Å². The van der Waals surface area contributed by atoms with Gasteiger partial charge in [0.05, 0.1) is 25.4 Å². The van der Waals surface area contributed by atoms with Gasteiger partial charge in [0.15, 0.2) is 0 Å². The highest BCUT2D eigenvalue weighted by Crippen LogP contribution is 2.32. The number of hydrogen-bond donors (Lipinski definition) is 0. The van der Waals surface area contributed by atoms with E-state index in [2.05, 4.69) is 13.8 Å². The zero-order valence-corrected chi connectivity index (χ0v) is 18.8. The van der Waals surface area contributed by atoms with Crippen LogP contribution in [-0.4, -0.2) is 37.5 Å². The quantitative estimate of drug-likeness (QED) is 0.481. The van der Waals surface area contributed by atoms with Gasteiger partial charge in [-0.25, -0.2) is 4.79 Å². The Hall–Kier alpha value is -3.34. The molecule has 0 aromatic heterocycles. The highest BCUT2D eigenvalue weighted by molar-refractivity contribution is 6.16. The SMILES string of the molecule is COC(=O)C1=C(C)N(CCc2ccc(OC)cc2)C(=O)/C1=C\c1ccc(C(C)C)cc1. The summed E-state index contributed by atoms with van der Waals surface area (Å²) in [6, 6.07) is 15.8. The van der Waals surface area contributed by atoms with E-state index < -0.39 is 5.97 Å². The van der Waals surface area contributed by atoms with Gasteiger partial charge in [-0.05, 0) is 54.2 Å². The van der Waals surface area contributed by atoms with E-state index in [1.54, 1.807) is 25.0 Å². The number of benzene rings is 2. The zero-order valence-electron chi connectivity index (χ0n) is 18.8. The number of carbonyl (C=O) groups excluding carboxylic acids is 2. The molecule has 0 atom stereocenters. The maximum atomic E-state index is 13.2. The minimum atomic E-state index is -0.497. The van der Waals surface area contributed by atoms with Crippen LogP contribution in [-0.2, 0) is 20.7 Å². The number of rotatable bonds is 7. The first-order chi connectivity index (χ1) is 14.8. The Kier molecular flexibility index (Phi) is 6.95. The highest BCUT2D eigenvalue weighted by Gasteiger charge is 2.36. The van der Waals surface area contributed by atoms with Gasteiger partial charge >= 0.3 is 5.97 Å². The molecule has 0 saturated carbocycles. The summed E-state index contributed by atoms with van der Waals surface area (Å²) in [4.78, 5) is 27.4. The number of nitrogens with zero attached hydrogens (tertiary/aromatic N) is 1.